The summed E-state index contributed by atoms with van der Waals surface area (Å²) in [5.41, 5.74) is 6.62. The first kappa shape index (κ1) is 15.2. The number of carbonyl (C=O) groups excluding carboxylic acids is 1. The number of allylic oxidation sites excluding steroid dienone is 1. The van der Waals surface area contributed by atoms with E-state index in [0.717, 1.165) is 5.75 Å². The maximum atomic E-state index is 11.9. The number of thioether (sulfide) groups is 1. The third-order valence-electron chi connectivity index (χ3n) is 3.24. The molecule has 9 heteroatoms. The number of carbonyl (C=O) groups is 1. The highest BCUT2D eigenvalue weighted by Gasteiger charge is 2.35. The van der Waals surface area contributed by atoms with Gasteiger partial charge < -0.3 is 15.5 Å². The minimum Gasteiger partial charge on any atom is -0.452 e. The molecular weight excluding hydrogens is 370 g/mol. The highest BCUT2D eigenvalue weighted by Crippen LogP contribution is 2.37. The zero-order valence-electron chi connectivity index (χ0n) is 12.0. The van der Waals surface area contributed by atoms with E-state index in [1.165, 1.54) is 11.8 Å². The van der Waals surface area contributed by atoms with Gasteiger partial charge in [-0.25, -0.2) is 4.68 Å². The minimum atomic E-state index is -0.529. The van der Waals surface area contributed by atoms with Crippen LogP contribution in [0.3, 0.4) is 0 Å². The lowest BCUT2D eigenvalue weighted by atomic mass is 10.0. The topological polar surface area (TPSA) is 99.0 Å². The lowest BCUT2D eigenvalue weighted by Gasteiger charge is -2.25. The van der Waals surface area contributed by atoms with Gasteiger partial charge in [0.1, 0.15) is 11.8 Å². The summed E-state index contributed by atoms with van der Waals surface area (Å²) in [7, 11) is 0. The Balaban J connectivity index is 2.15. The van der Waals surface area contributed by atoms with E-state index in [1.807, 2.05) is 6.92 Å². The van der Waals surface area contributed by atoms with Gasteiger partial charge >= 0.3 is 0 Å². The minimum absolute atomic E-state index is 0.410. The van der Waals surface area contributed by atoms with Gasteiger partial charge in [-0.2, -0.15) is 4.98 Å². The molecule has 0 radical (unpaired) electrons. The van der Waals surface area contributed by atoms with E-state index in [9.17, 15) is 4.79 Å². The monoisotopic (exact) mass is 383 g/mol. The Hall–Kier alpha value is -1.74. The number of aromatic nitrogens is 3. The van der Waals surface area contributed by atoms with E-state index < -0.39 is 11.9 Å². The van der Waals surface area contributed by atoms with Crippen LogP contribution in [0.15, 0.2) is 37.6 Å². The van der Waals surface area contributed by atoms with Crippen LogP contribution < -0.4 is 11.1 Å². The molecule has 0 aliphatic carbocycles. The molecule has 7 nitrogen and oxygen atoms in total. The predicted octanol–water partition coefficient (Wildman–Crippen LogP) is 2.52. The molecule has 2 aromatic rings. The van der Waals surface area contributed by atoms with Gasteiger partial charge in [-0.1, -0.05) is 18.7 Å². The van der Waals surface area contributed by atoms with E-state index in [4.69, 9.17) is 10.2 Å². The Labute approximate surface area is 139 Å². The van der Waals surface area contributed by atoms with Crippen LogP contribution in [0.5, 0.6) is 0 Å². The first-order chi connectivity index (χ1) is 10.5. The number of nitrogens with zero attached hydrogens (tertiary/aromatic N) is 3. The Morgan fingerprint density at radius 1 is 1.59 bits per heavy atom. The fourth-order valence-electron chi connectivity index (χ4n) is 2.38. The second-order valence-electron chi connectivity index (χ2n) is 4.67. The molecule has 3 rings (SSSR count). The summed E-state index contributed by atoms with van der Waals surface area (Å²) < 4.78 is 7.84. The van der Waals surface area contributed by atoms with Crippen LogP contribution in [0.1, 0.15) is 25.6 Å². The number of rotatable bonds is 4. The van der Waals surface area contributed by atoms with Crippen molar-refractivity contribution in [3.05, 3.63) is 33.8 Å². The smallest absolute Gasteiger partial charge is 0.249 e. The molecule has 1 amide bonds. The van der Waals surface area contributed by atoms with Crippen molar-refractivity contribution in [3.63, 3.8) is 0 Å². The number of furan rings is 1. The number of nitrogens with two attached hydrogens (primary N) is 1. The molecule has 1 atom stereocenters. The molecule has 3 heterocycles. The third kappa shape index (κ3) is 2.54. The van der Waals surface area contributed by atoms with Gasteiger partial charge in [0.05, 0.1) is 5.57 Å². The normalized spacial score (nSPS) is 17.3. The molecule has 0 aromatic carbocycles. The Morgan fingerprint density at radius 2 is 2.36 bits per heavy atom. The molecule has 0 saturated heterocycles. The first-order valence-electron chi connectivity index (χ1n) is 6.63. The molecule has 3 N–H and O–H groups in total. The molecule has 1 aliphatic rings. The van der Waals surface area contributed by atoms with Crippen LogP contribution in [0.4, 0.5) is 5.95 Å². The summed E-state index contributed by atoms with van der Waals surface area (Å²) in [5.74, 6) is 1.47. The van der Waals surface area contributed by atoms with Gasteiger partial charge in [0, 0.05) is 5.70 Å². The molecule has 0 fully saturated rings. The summed E-state index contributed by atoms with van der Waals surface area (Å²) in [6.45, 7) is 3.81. The molecule has 2 aromatic heterocycles. The molecule has 1 unspecified atom stereocenters. The van der Waals surface area contributed by atoms with Crippen LogP contribution in [-0.2, 0) is 4.79 Å². The number of halogens is 1. The van der Waals surface area contributed by atoms with E-state index in [1.54, 1.807) is 23.7 Å². The standard InChI is InChI=1S/C13H14BrN5O2S/c1-3-22-13-17-12-16-6(2)9(11(15)20)10(19(12)18-13)7-4-5-8(14)21-7/h4-5,10H,3H2,1-2H3,(H2,15,20)(H,16,17,18). The van der Waals surface area contributed by atoms with Crippen LogP contribution in [0.25, 0.3) is 0 Å². The summed E-state index contributed by atoms with van der Waals surface area (Å²) in [4.78, 5) is 16.3. The number of hydrogen-bond donors (Lipinski definition) is 2. The van der Waals surface area contributed by atoms with Crippen LogP contribution in [-0.4, -0.2) is 26.4 Å². The first-order valence-corrected chi connectivity index (χ1v) is 8.41. The lowest BCUT2D eigenvalue weighted by molar-refractivity contribution is -0.115. The van der Waals surface area contributed by atoms with Crippen molar-refractivity contribution >= 4 is 39.5 Å². The number of amides is 1. The van der Waals surface area contributed by atoms with Crippen molar-refractivity contribution in [1.82, 2.24) is 14.8 Å². The number of nitrogens with one attached hydrogen (secondary N) is 1. The van der Waals surface area contributed by atoms with Gasteiger partial charge in [-0.05, 0) is 40.7 Å². The van der Waals surface area contributed by atoms with E-state index in [-0.39, 0.29) is 0 Å². The number of fused-ring (bicyclic) bond motifs is 1. The van der Waals surface area contributed by atoms with Gasteiger partial charge in [0.25, 0.3) is 0 Å². The van der Waals surface area contributed by atoms with Crippen molar-refractivity contribution in [1.29, 1.82) is 0 Å². The largest absolute Gasteiger partial charge is 0.452 e. The Morgan fingerprint density at radius 3 is 2.95 bits per heavy atom. The molecular formula is C13H14BrN5O2S. The average Bonchev–Trinajstić information content (AvgIpc) is 3.03. The summed E-state index contributed by atoms with van der Waals surface area (Å²) in [6.07, 6.45) is 0. The summed E-state index contributed by atoms with van der Waals surface area (Å²) >= 11 is 4.80. The molecule has 0 spiro atoms. The maximum Gasteiger partial charge on any atom is 0.249 e. The average molecular weight is 384 g/mol. The highest BCUT2D eigenvalue weighted by molar-refractivity contribution is 9.10. The van der Waals surface area contributed by atoms with E-state index in [2.05, 4.69) is 31.3 Å². The van der Waals surface area contributed by atoms with Crippen LogP contribution >= 0.6 is 27.7 Å². The van der Waals surface area contributed by atoms with Gasteiger partial charge in [-0.15, -0.1) is 5.10 Å². The number of anilines is 1. The number of primary amides is 1. The molecule has 0 saturated carbocycles. The van der Waals surface area contributed by atoms with E-state index in [0.29, 0.717) is 32.8 Å². The van der Waals surface area contributed by atoms with Crippen molar-refractivity contribution in [2.75, 3.05) is 11.1 Å². The van der Waals surface area contributed by atoms with Crippen molar-refractivity contribution in [2.24, 2.45) is 5.73 Å². The predicted molar refractivity (Wildman–Crippen MR) is 86.5 cm³/mol. The van der Waals surface area contributed by atoms with Crippen LogP contribution in [0.2, 0.25) is 0 Å². The highest BCUT2D eigenvalue weighted by atomic mass is 79.9. The van der Waals surface area contributed by atoms with Crippen LogP contribution in [0, 0.1) is 0 Å². The van der Waals surface area contributed by atoms with Gasteiger partial charge in [0.2, 0.25) is 17.0 Å². The zero-order chi connectivity index (χ0) is 15.9. The molecule has 116 valence electrons. The lowest BCUT2D eigenvalue weighted by Crippen LogP contribution is -2.31. The van der Waals surface area contributed by atoms with Crippen molar-refractivity contribution in [3.8, 4) is 0 Å². The fourth-order valence-corrected chi connectivity index (χ4v) is 3.25. The maximum absolute atomic E-state index is 11.9. The van der Waals surface area contributed by atoms with Gasteiger partial charge in [0.15, 0.2) is 4.67 Å². The third-order valence-corrected chi connectivity index (χ3v) is 4.38. The second kappa shape index (κ2) is 5.81. The quantitative estimate of drug-likeness (QED) is 0.786. The van der Waals surface area contributed by atoms with E-state index >= 15 is 0 Å². The summed E-state index contributed by atoms with van der Waals surface area (Å²) in [6, 6.07) is 3.02. The molecule has 22 heavy (non-hydrogen) atoms. The van der Waals surface area contributed by atoms with Crippen molar-refractivity contribution < 1.29 is 9.21 Å². The van der Waals surface area contributed by atoms with Crippen molar-refractivity contribution in [2.45, 2.75) is 25.0 Å². The molecule has 0 bridgehead atoms. The second-order valence-corrected chi connectivity index (χ2v) is 6.68. The summed E-state index contributed by atoms with van der Waals surface area (Å²) in [5, 5.41) is 8.18. The van der Waals surface area contributed by atoms with Gasteiger partial charge in [-0.3, -0.25) is 4.79 Å². The fraction of sp³-hybridized carbons (Fsp3) is 0.308. The zero-order valence-corrected chi connectivity index (χ0v) is 14.4. The Kier molecular flexibility index (Phi) is 4.00. The molecule has 1 aliphatic heterocycles. The SMILES string of the molecule is CCSc1nc2n(n1)C(c1ccc(Br)o1)C(C(N)=O)=C(C)N2. The number of hydrogen-bond acceptors (Lipinski definition) is 6. The Bertz CT molecular complexity index is 766.